The van der Waals surface area contributed by atoms with Crippen molar-refractivity contribution >= 4 is 0 Å². The van der Waals surface area contributed by atoms with Gasteiger partial charge in [0, 0.05) is 17.3 Å². The zero-order chi connectivity index (χ0) is 19.6. The Morgan fingerprint density at radius 1 is 0.500 bits per heavy atom. The number of nitrogens with zero attached hydrogens (tertiary/aromatic N) is 1. The zero-order valence-electron chi connectivity index (χ0n) is 16.7. The van der Waals surface area contributed by atoms with Crippen LogP contribution in [-0.4, -0.2) is 4.98 Å². The molecule has 1 heteroatoms. The van der Waals surface area contributed by atoms with Crippen molar-refractivity contribution in [3.63, 3.8) is 0 Å². The highest BCUT2D eigenvalue weighted by Gasteiger charge is 2.13. The summed E-state index contributed by atoms with van der Waals surface area (Å²) in [4.78, 5) is 4.70. The van der Waals surface area contributed by atoms with Crippen LogP contribution in [0.15, 0.2) is 97.2 Å². The minimum absolute atomic E-state index is 0.168. The number of hydrogen-bond acceptors (Lipinski definition) is 1. The van der Waals surface area contributed by atoms with Crippen LogP contribution in [0.1, 0.15) is 26.3 Å². The van der Waals surface area contributed by atoms with Gasteiger partial charge in [0.05, 0.1) is 5.69 Å². The van der Waals surface area contributed by atoms with Crippen LogP contribution in [0.3, 0.4) is 0 Å². The normalized spacial score (nSPS) is 11.4. The maximum atomic E-state index is 4.70. The Bertz CT molecular complexity index is 1040. The molecule has 0 N–H and O–H groups in total. The maximum Gasteiger partial charge on any atom is 0.0702 e. The largest absolute Gasteiger partial charge is 0.256 e. The van der Waals surface area contributed by atoms with E-state index in [1.54, 1.807) is 0 Å². The first-order valence-electron chi connectivity index (χ1n) is 9.73. The van der Waals surface area contributed by atoms with Crippen molar-refractivity contribution in [3.8, 4) is 33.5 Å². The molecule has 1 nitrogen and oxygen atoms in total. The molecule has 138 valence electrons. The van der Waals surface area contributed by atoms with E-state index in [2.05, 4.69) is 106 Å². The third-order valence-corrected chi connectivity index (χ3v) is 5.14. The Labute approximate surface area is 167 Å². The zero-order valence-corrected chi connectivity index (χ0v) is 16.7. The van der Waals surface area contributed by atoms with Crippen LogP contribution in [0.25, 0.3) is 33.5 Å². The molecule has 0 radical (unpaired) electrons. The summed E-state index contributed by atoms with van der Waals surface area (Å²) in [5.41, 5.74) is 8.45. The summed E-state index contributed by atoms with van der Waals surface area (Å²) < 4.78 is 0. The van der Waals surface area contributed by atoms with E-state index < -0.39 is 0 Å². The van der Waals surface area contributed by atoms with Gasteiger partial charge < -0.3 is 0 Å². The minimum Gasteiger partial charge on any atom is -0.256 e. The Morgan fingerprint density at radius 3 is 1.54 bits per heavy atom. The van der Waals surface area contributed by atoms with Gasteiger partial charge in [0.15, 0.2) is 0 Å². The molecule has 1 aromatic heterocycles. The van der Waals surface area contributed by atoms with Crippen molar-refractivity contribution in [2.75, 3.05) is 0 Å². The van der Waals surface area contributed by atoms with Gasteiger partial charge >= 0.3 is 0 Å². The fourth-order valence-electron chi connectivity index (χ4n) is 3.36. The first-order chi connectivity index (χ1) is 13.5. The predicted molar refractivity (Wildman–Crippen MR) is 119 cm³/mol. The average Bonchev–Trinajstić information content (AvgIpc) is 2.74. The average molecular weight is 364 g/mol. The fraction of sp³-hybridized carbons (Fsp3) is 0.148. The molecule has 0 aliphatic carbocycles. The van der Waals surface area contributed by atoms with Crippen LogP contribution in [-0.2, 0) is 5.41 Å². The summed E-state index contributed by atoms with van der Waals surface area (Å²) in [5.74, 6) is 0. The van der Waals surface area contributed by atoms with E-state index in [1.807, 2.05) is 12.3 Å². The number of rotatable bonds is 3. The molecule has 0 bridgehead atoms. The van der Waals surface area contributed by atoms with Gasteiger partial charge in [-0.3, -0.25) is 4.98 Å². The van der Waals surface area contributed by atoms with Crippen LogP contribution >= 0.6 is 0 Å². The molecule has 0 aliphatic rings. The Kier molecular flexibility index (Phi) is 4.83. The smallest absolute Gasteiger partial charge is 0.0702 e. The second-order valence-corrected chi connectivity index (χ2v) is 8.20. The topological polar surface area (TPSA) is 12.9 Å². The summed E-state index contributed by atoms with van der Waals surface area (Å²) in [7, 11) is 0. The Hall–Kier alpha value is -3.19. The van der Waals surface area contributed by atoms with Crippen molar-refractivity contribution in [1.29, 1.82) is 0 Å². The number of hydrogen-bond donors (Lipinski definition) is 0. The van der Waals surface area contributed by atoms with E-state index in [-0.39, 0.29) is 5.41 Å². The molecule has 0 saturated carbocycles. The second-order valence-electron chi connectivity index (χ2n) is 8.20. The molecule has 4 rings (SSSR count). The van der Waals surface area contributed by atoms with Gasteiger partial charge in [-0.1, -0.05) is 106 Å². The maximum absolute atomic E-state index is 4.70. The van der Waals surface area contributed by atoms with E-state index in [9.17, 15) is 0 Å². The third-order valence-electron chi connectivity index (χ3n) is 5.14. The van der Waals surface area contributed by atoms with Crippen LogP contribution < -0.4 is 0 Å². The molecule has 0 amide bonds. The molecule has 0 aliphatic heterocycles. The van der Waals surface area contributed by atoms with Crippen LogP contribution in [0, 0.1) is 0 Å². The summed E-state index contributed by atoms with van der Waals surface area (Å²) in [6.45, 7) is 6.70. The quantitative estimate of drug-likeness (QED) is 0.370. The number of pyridine rings is 1. The summed E-state index contributed by atoms with van der Waals surface area (Å²) >= 11 is 0. The molecule has 0 fully saturated rings. The first kappa shape index (κ1) is 18.2. The SMILES string of the molecule is CC(C)(C)c1ccc(-c2ccc(-c3ccc(-c4ccccc4)cc3)cn2)cc1. The van der Waals surface area contributed by atoms with E-state index in [1.165, 1.54) is 22.3 Å². The van der Waals surface area contributed by atoms with E-state index in [4.69, 9.17) is 4.98 Å². The highest BCUT2D eigenvalue weighted by Crippen LogP contribution is 2.28. The number of aromatic nitrogens is 1. The van der Waals surface area contributed by atoms with Gasteiger partial charge in [-0.25, -0.2) is 0 Å². The van der Waals surface area contributed by atoms with Gasteiger partial charge in [0.25, 0.3) is 0 Å². The molecule has 3 aromatic carbocycles. The second kappa shape index (κ2) is 7.44. The summed E-state index contributed by atoms with van der Waals surface area (Å²) in [5, 5.41) is 0. The van der Waals surface area contributed by atoms with Gasteiger partial charge in [0.1, 0.15) is 0 Å². The van der Waals surface area contributed by atoms with E-state index >= 15 is 0 Å². The standard InChI is InChI=1S/C27H25N/c1-27(2,3)25-16-13-23(14-17-25)26-18-15-24(19-28-26)22-11-9-21(10-12-22)20-7-5-4-6-8-20/h4-19H,1-3H3. The van der Waals surface area contributed by atoms with E-state index in [0.29, 0.717) is 0 Å². The Balaban J connectivity index is 1.55. The lowest BCUT2D eigenvalue weighted by Gasteiger charge is -2.19. The predicted octanol–water partition coefficient (Wildman–Crippen LogP) is 7.38. The highest BCUT2D eigenvalue weighted by molar-refractivity contribution is 5.71. The summed E-state index contributed by atoms with van der Waals surface area (Å²) in [6, 6.07) is 32.1. The highest BCUT2D eigenvalue weighted by atomic mass is 14.7. The van der Waals surface area contributed by atoms with Crippen molar-refractivity contribution in [3.05, 3.63) is 103 Å². The Morgan fingerprint density at radius 2 is 1.00 bits per heavy atom. The molecule has 28 heavy (non-hydrogen) atoms. The lowest BCUT2D eigenvalue weighted by atomic mass is 9.86. The van der Waals surface area contributed by atoms with Gasteiger partial charge in [-0.05, 0) is 33.7 Å². The monoisotopic (exact) mass is 363 g/mol. The lowest BCUT2D eigenvalue weighted by Crippen LogP contribution is -2.10. The third kappa shape index (κ3) is 3.89. The minimum atomic E-state index is 0.168. The fourth-order valence-corrected chi connectivity index (χ4v) is 3.36. The van der Waals surface area contributed by atoms with Gasteiger partial charge in [-0.15, -0.1) is 0 Å². The molecular weight excluding hydrogens is 338 g/mol. The summed E-state index contributed by atoms with van der Waals surface area (Å²) in [6.07, 6.45) is 1.96. The molecule has 0 spiro atoms. The molecule has 1 heterocycles. The van der Waals surface area contributed by atoms with Crippen LogP contribution in [0.4, 0.5) is 0 Å². The molecule has 0 atom stereocenters. The van der Waals surface area contributed by atoms with Crippen molar-refractivity contribution in [2.24, 2.45) is 0 Å². The van der Waals surface area contributed by atoms with Crippen molar-refractivity contribution < 1.29 is 0 Å². The van der Waals surface area contributed by atoms with Crippen LogP contribution in [0.2, 0.25) is 0 Å². The van der Waals surface area contributed by atoms with Gasteiger partial charge in [-0.2, -0.15) is 0 Å². The molecule has 4 aromatic rings. The number of benzene rings is 3. The van der Waals surface area contributed by atoms with Crippen LogP contribution in [0.5, 0.6) is 0 Å². The molecule has 0 saturated heterocycles. The van der Waals surface area contributed by atoms with Crippen molar-refractivity contribution in [1.82, 2.24) is 4.98 Å². The first-order valence-corrected chi connectivity index (χ1v) is 9.73. The van der Waals surface area contributed by atoms with Crippen molar-refractivity contribution in [2.45, 2.75) is 26.2 Å². The molecular formula is C27H25N. The lowest BCUT2D eigenvalue weighted by molar-refractivity contribution is 0.590. The molecule has 0 unspecified atom stereocenters. The van der Waals surface area contributed by atoms with E-state index in [0.717, 1.165) is 16.8 Å². The van der Waals surface area contributed by atoms with Gasteiger partial charge in [0.2, 0.25) is 0 Å².